The highest BCUT2D eigenvalue weighted by Gasteiger charge is 2.59. The van der Waals surface area contributed by atoms with E-state index in [1.165, 1.54) is 56.4 Å². The number of fused-ring (bicyclic) bond motifs is 1. The molecule has 0 aliphatic rings. The van der Waals surface area contributed by atoms with Gasteiger partial charge in [0.1, 0.15) is 5.69 Å². The maximum absolute atomic E-state index is 14.4. The highest BCUT2D eigenvalue weighted by Crippen LogP contribution is 2.50. The minimum absolute atomic E-state index is 0.00538. The zero-order valence-corrected chi connectivity index (χ0v) is 19.1. The van der Waals surface area contributed by atoms with Crippen LogP contribution in [-0.2, 0) is 12.6 Å². The SMILES string of the molecule is CC(c1ccc(-c2cccc(C(=O)O)n2)cc1Cl)C(O)(c1ccc2oc(=O)n(C)c2c1)C(F)(F)F. The molecule has 2 heterocycles. The number of hydrogen-bond acceptors (Lipinski definition) is 5. The van der Waals surface area contributed by atoms with E-state index in [1.54, 1.807) is 0 Å². The molecule has 2 atom stereocenters. The van der Waals surface area contributed by atoms with Crippen molar-refractivity contribution in [3.8, 4) is 11.3 Å². The molecule has 2 aromatic heterocycles. The summed E-state index contributed by atoms with van der Waals surface area (Å²) in [7, 11) is 1.34. The Balaban J connectivity index is 1.81. The third-order valence-electron chi connectivity index (χ3n) is 6.02. The number of carbonyl (C=O) groups is 1. The van der Waals surface area contributed by atoms with E-state index in [9.17, 15) is 27.9 Å². The Morgan fingerprint density at radius 1 is 1.14 bits per heavy atom. The van der Waals surface area contributed by atoms with Gasteiger partial charge < -0.3 is 14.6 Å². The summed E-state index contributed by atoms with van der Waals surface area (Å²) < 4.78 is 49.1. The molecule has 2 unspecified atom stereocenters. The van der Waals surface area contributed by atoms with E-state index in [0.717, 1.165) is 16.7 Å². The van der Waals surface area contributed by atoms with E-state index < -0.39 is 35.0 Å². The molecule has 35 heavy (non-hydrogen) atoms. The lowest BCUT2D eigenvalue weighted by atomic mass is 9.77. The quantitative estimate of drug-likeness (QED) is 0.390. The monoisotopic (exact) mass is 506 g/mol. The predicted molar refractivity (Wildman–Crippen MR) is 121 cm³/mol. The predicted octanol–water partition coefficient (Wildman–Crippen LogP) is 5.10. The third kappa shape index (κ3) is 4.08. The number of alkyl halides is 3. The lowest BCUT2D eigenvalue weighted by Gasteiger charge is -2.37. The van der Waals surface area contributed by atoms with E-state index in [1.807, 2.05) is 0 Å². The smallest absolute Gasteiger partial charge is 0.422 e. The van der Waals surface area contributed by atoms with Gasteiger partial charge in [0.25, 0.3) is 0 Å². The van der Waals surface area contributed by atoms with Gasteiger partial charge in [-0.1, -0.05) is 42.8 Å². The highest BCUT2D eigenvalue weighted by molar-refractivity contribution is 6.31. The highest BCUT2D eigenvalue weighted by atomic mass is 35.5. The first-order valence-corrected chi connectivity index (χ1v) is 10.6. The van der Waals surface area contributed by atoms with E-state index in [0.29, 0.717) is 5.56 Å². The number of carboxylic acids is 1. The normalized spacial score (nSPS) is 14.6. The van der Waals surface area contributed by atoms with E-state index in [-0.39, 0.29) is 33.1 Å². The molecule has 182 valence electrons. The van der Waals surface area contributed by atoms with Crippen molar-refractivity contribution in [3.05, 3.63) is 87.0 Å². The van der Waals surface area contributed by atoms with Crippen molar-refractivity contribution >= 4 is 28.7 Å². The summed E-state index contributed by atoms with van der Waals surface area (Å²) in [5.74, 6) is -3.55. The number of hydrogen-bond donors (Lipinski definition) is 2. The van der Waals surface area contributed by atoms with Gasteiger partial charge in [-0.25, -0.2) is 14.6 Å². The van der Waals surface area contributed by atoms with Gasteiger partial charge in [0.05, 0.1) is 11.2 Å². The zero-order valence-electron chi connectivity index (χ0n) is 18.3. The molecule has 0 amide bonds. The molecule has 7 nitrogen and oxygen atoms in total. The number of halogens is 4. The second-order valence-corrected chi connectivity index (χ2v) is 8.45. The molecule has 4 rings (SSSR count). The molecule has 0 spiro atoms. The van der Waals surface area contributed by atoms with Crippen molar-refractivity contribution in [3.63, 3.8) is 0 Å². The van der Waals surface area contributed by atoms with Gasteiger partial charge in [-0.2, -0.15) is 13.2 Å². The van der Waals surface area contributed by atoms with Crippen LogP contribution in [0, 0.1) is 0 Å². The number of aromatic nitrogens is 2. The van der Waals surface area contributed by atoms with E-state index in [4.69, 9.17) is 21.1 Å². The molecule has 0 bridgehead atoms. The molecule has 0 aliphatic carbocycles. The fourth-order valence-electron chi connectivity index (χ4n) is 4.00. The Morgan fingerprint density at radius 2 is 1.86 bits per heavy atom. The average molecular weight is 507 g/mol. The summed E-state index contributed by atoms with van der Waals surface area (Å²) in [5.41, 5.74) is -3.22. The topological polar surface area (TPSA) is 106 Å². The number of oxazole rings is 1. The van der Waals surface area contributed by atoms with Crippen molar-refractivity contribution in [2.24, 2.45) is 7.05 Å². The molecule has 0 radical (unpaired) electrons. The molecule has 11 heteroatoms. The fourth-order valence-corrected chi connectivity index (χ4v) is 4.34. The number of nitrogens with zero attached hydrogens (tertiary/aromatic N) is 2. The molecule has 2 N–H and O–H groups in total. The molecule has 0 fully saturated rings. The van der Waals surface area contributed by atoms with Gasteiger partial charge in [0, 0.05) is 23.6 Å². The Hall–Kier alpha value is -3.63. The molecule has 2 aromatic carbocycles. The summed E-state index contributed by atoms with van der Waals surface area (Å²) in [6.45, 7) is 1.19. The Kier molecular flexibility index (Phi) is 5.98. The van der Waals surface area contributed by atoms with Crippen LogP contribution in [0.1, 0.15) is 34.5 Å². The maximum Gasteiger partial charge on any atom is 0.422 e. The summed E-state index contributed by atoms with van der Waals surface area (Å²) in [6, 6.07) is 11.8. The van der Waals surface area contributed by atoms with Crippen molar-refractivity contribution in [1.82, 2.24) is 9.55 Å². The zero-order chi connectivity index (χ0) is 25.7. The van der Waals surface area contributed by atoms with Gasteiger partial charge in [-0.3, -0.25) is 4.57 Å². The first-order chi connectivity index (χ1) is 16.3. The number of benzene rings is 2. The number of aliphatic hydroxyl groups is 1. The Bertz CT molecular complexity index is 1510. The Labute approximate surface area is 201 Å². The van der Waals surface area contributed by atoms with Crippen LogP contribution >= 0.6 is 11.6 Å². The van der Waals surface area contributed by atoms with Gasteiger partial charge >= 0.3 is 17.9 Å². The van der Waals surface area contributed by atoms with Crippen LogP contribution in [0.25, 0.3) is 22.4 Å². The van der Waals surface area contributed by atoms with Gasteiger partial charge in [0.2, 0.25) is 0 Å². The summed E-state index contributed by atoms with van der Waals surface area (Å²) in [6.07, 6.45) is -5.11. The molecule has 4 aromatic rings. The summed E-state index contributed by atoms with van der Waals surface area (Å²) >= 11 is 6.36. The van der Waals surface area contributed by atoms with Crippen LogP contribution in [-0.4, -0.2) is 31.9 Å². The standard InChI is InChI=1S/C24H18ClF3N2O5/c1-12(15-8-6-13(10-16(15)25)17-4-3-5-18(29-17)21(31)32)23(34,24(26,27)28)14-7-9-20-19(11-14)30(2)22(33)35-20/h3-12,34H,1-2H3,(H,31,32). The lowest BCUT2D eigenvalue weighted by molar-refractivity contribution is -0.274. The molecular weight excluding hydrogens is 489 g/mol. The molecule has 0 saturated heterocycles. The first-order valence-electron chi connectivity index (χ1n) is 10.2. The average Bonchev–Trinajstić information content (AvgIpc) is 3.10. The second-order valence-electron chi connectivity index (χ2n) is 8.04. The number of rotatable bonds is 5. The molecule has 0 aliphatic heterocycles. The number of aromatic carboxylic acids is 1. The van der Waals surface area contributed by atoms with Crippen LogP contribution in [0.4, 0.5) is 13.2 Å². The van der Waals surface area contributed by atoms with Crippen LogP contribution in [0.3, 0.4) is 0 Å². The Morgan fingerprint density at radius 3 is 2.49 bits per heavy atom. The van der Waals surface area contributed by atoms with Crippen molar-refractivity contribution < 1.29 is 32.6 Å². The molecule has 0 saturated carbocycles. The minimum atomic E-state index is -5.11. The van der Waals surface area contributed by atoms with Crippen LogP contribution < -0.4 is 5.76 Å². The third-order valence-corrected chi connectivity index (χ3v) is 6.35. The van der Waals surface area contributed by atoms with Crippen molar-refractivity contribution in [2.75, 3.05) is 0 Å². The van der Waals surface area contributed by atoms with Crippen molar-refractivity contribution in [1.29, 1.82) is 0 Å². The van der Waals surface area contributed by atoms with E-state index in [2.05, 4.69) is 4.98 Å². The second kappa shape index (κ2) is 8.54. The minimum Gasteiger partial charge on any atom is -0.477 e. The summed E-state index contributed by atoms with van der Waals surface area (Å²) in [4.78, 5) is 27.0. The van der Waals surface area contributed by atoms with Crippen LogP contribution in [0.2, 0.25) is 5.02 Å². The maximum atomic E-state index is 14.4. The lowest BCUT2D eigenvalue weighted by Crippen LogP contribution is -2.46. The van der Waals surface area contributed by atoms with Gasteiger partial charge in [-0.15, -0.1) is 0 Å². The number of aryl methyl sites for hydroxylation is 1. The first kappa shape index (κ1) is 24.5. The number of carboxylic acid groups (broad SMARTS) is 1. The van der Waals surface area contributed by atoms with Gasteiger partial charge in [0.15, 0.2) is 11.2 Å². The number of pyridine rings is 1. The van der Waals surface area contributed by atoms with Crippen LogP contribution in [0.5, 0.6) is 0 Å². The van der Waals surface area contributed by atoms with Gasteiger partial charge in [-0.05, 0) is 41.5 Å². The van der Waals surface area contributed by atoms with Crippen molar-refractivity contribution in [2.45, 2.75) is 24.6 Å². The summed E-state index contributed by atoms with van der Waals surface area (Å²) in [5, 5.41) is 20.2. The fraction of sp³-hybridized carbons (Fsp3) is 0.208. The molecular formula is C24H18ClF3N2O5. The van der Waals surface area contributed by atoms with E-state index >= 15 is 0 Å². The van der Waals surface area contributed by atoms with Crippen LogP contribution in [0.15, 0.2) is 63.8 Å². The largest absolute Gasteiger partial charge is 0.477 e.